The van der Waals surface area contributed by atoms with Gasteiger partial charge >= 0.3 is 0 Å². The van der Waals surface area contributed by atoms with Gasteiger partial charge in [-0.3, -0.25) is 14.6 Å². The number of hydrogen-bond acceptors (Lipinski definition) is 2. The standard InChI is InChI=1S/C32H38Cl3FN2O/c1-20-16-24(36)6-7-25(20)27-18-23(17-22-11-14-37(15-12-22)32(3,4)5)19-29-26(27)8-9-30(39)38(29)31(21(2)34)28(35)10-13-33/h6-7,10,16,18-19,22H,8-9,11-15,17H2,1-5H3/b28-10+,31-21-. The summed E-state index contributed by atoms with van der Waals surface area (Å²) in [5.74, 6) is 0.427. The first-order valence-electron chi connectivity index (χ1n) is 13.7. The largest absolute Gasteiger partial charge is 0.298 e. The fraction of sp³-hybridized carbons (Fsp3) is 0.469. The molecule has 2 aromatic carbocycles. The van der Waals surface area contributed by atoms with Gasteiger partial charge in [0.1, 0.15) is 5.82 Å². The molecule has 0 spiro atoms. The third kappa shape index (κ3) is 6.73. The van der Waals surface area contributed by atoms with Gasteiger partial charge in [-0.05, 0) is 131 Å². The average molecular weight is 592 g/mol. The first-order chi connectivity index (χ1) is 18.4. The lowest BCUT2D eigenvalue weighted by Crippen LogP contribution is -2.46. The maximum absolute atomic E-state index is 14.1. The van der Waals surface area contributed by atoms with Crippen molar-refractivity contribution in [3.63, 3.8) is 0 Å². The molecule has 0 saturated carbocycles. The molecule has 1 saturated heterocycles. The van der Waals surface area contributed by atoms with Gasteiger partial charge in [-0.15, -0.1) is 11.6 Å². The SMILES string of the molecule is C/C(Cl)=C(\C(Cl)=C/CCl)N1C(=O)CCc2c(-c3ccc(F)cc3C)cc(CC3CCN(C(C)(C)C)CC3)cc21. The number of likely N-dealkylation sites (tertiary alicyclic amines) is 1. The Kier molecular flexibility index (Phi) is 9.53. The molecule has 2 aromatic rings. The lowest BCUT2D eigenvalue weighted by Gasteiger charge is -2.41. The number of carbonyl (C=O) groups is 1. The Balaban J connectivity index is 1.83. The minimum Gasteiger partial charge on any atom is -0.298 e. The predicted octanol–water partition coefficient (Wildman–Crippen LogP) is 8.97. The van der Waals surface area contributed by atoms with Crippen LogP contribution in [0.4, 0.5) is 10.1 Å². The zero-order chi connectivity index (χ0) is 28.5. The van der Waals surface area contributed by atoms with Crippen molar-refractivity contribution < 1.29 is 9.18 Å². The number of rotatable bonds is 6. The molecule has 39 heavy (non-hydrogen) atoms. The molecular formula is C32H38Cl3FN2O. The molecule has 2 aliphatic heterocycles. The van der Waals surface area contributed by atoms with Gasteiger partial charge in [0.25, 0.3) is 0 Å². The van der Waals surface area contributed by atoms with E-state index in [1.165, 1.54) is 6.07 Å². The van der Waals surface area contributed by atoms with E-state index in [0.717, 1.165) is 65.9 Å². The van der Waals surface area contributed by atoms with Crippen LogP contribution in [-0.2, 0) is 17.6 Å². The molecule has 1 fully saturated rings. The summed E-state index contributed by atoms with van der Waals surface area (Å²) in [7, 11) is 0. The van der Waals surface area contributed by atoms with Crippen LogP contribution in [0.2, 0.25) is 0 Å². The molecule has 7 heteroatoms. The summed E-state index contributed by atoms with van der Waals surface area (Å²) in [6.45, 7) is 12.6. The monoisotopic (exact) mass is 590 g/mol. The van der Waals surface area contributed by atoms with E-state index in [1.54, 1.807) is 24.0 Å². The molecule has 2 heterocycles. The summed E-state index contributed by atoms with van der Waals surface area (Å²) >= 11 is 19.2. The second-order valence-electron chi connectivity index (χ2n) is 11.7. The number of hydrogen-bond donors (Lipinski definition) is 0. The highest BCUT2D eigenvalue weighted by Gasteiger charge is 2.33. The number of alkyl halides is 1. The zero-order valence-corrected chi connectivity index (χ0v) is 25.8. The second-order valence-corrected chi connectivity index (χ2v) is 13.0. The number of halogens is 4. The van der Waals surface area contributed by atoms with Crippen LogP contribution in [0.15, 0.2) is 52.2 Å². The molecule has 2 aliphatic rings. The molecule has 4 rings (SSSR count). The molecule has 210 valence electrons. The summed E-state index contributed by atoms with van der Waals surface area (Å²) in [4.78, 5) is 17.7. The Hall–Kier alpha value is -1.85. The van der Waals surface area contributed by atoms with Crippen molar-refractivity contribution in [2.24, 2.45) is 5.92 Å². The fourth-order valence-corrected chi connectivity index (χ4v) is 6.69. The van der Waals surface area contributed by atoms with Gasteiger partial charge in [0, 0.05) is 22.9 Å². The van der Waals surface area contributed by atoms with Gasteiger partial charge in [0.15, 0.2) is 0 Å². The number of allylic oxidation sites excluding steroid dienone is 3. The summed E-state index contributed by atoms with van der Waals surface area (Å²) in [6.07, 6.45) is 5.72. The van der Waals surface area contributed by atoms with Gasteiger partial charge in [-0.25, -0.2) is 4.39 Å². The normalized spacial score (nSPS) is 18.3. The number of nitrogens with zero attached hydrogens (tertiary/aromatic N) is 2. The van der Waals surface area contributed by atoms with E-state index in [2.05, 4.69) is 37.8 Å². The number of benzene rings is 2. The van der Waals surface area contributed by atoms with Crippen LogP contribution in [0.25, 0.3) is 11.1 Å². The molecule has 0 aromatic heterocycles. The topological polar surface area (TPSA) is 23.6 Å². The number of anilines is 1. The third-order valence-corrected chi connectivity index (χ3v) is 8.63. The van der Waals surface area contributed by atoms with Gasteiger partial charge < -0.3 is 0 Å². The Bertz CT molecular complexity index is 1300. The zero-order valence-electron chi connectivity index (χ0n) is 23.5. The Labute approximate surface area is 247 Å². The Morgan fingerprint density at radius 2 is 1.77 bits per heavy atom. The molecule has 1 amide bonds. The highest BCUT2D eigenvalue weighted by atomic mass is 35.5. The lowest BCUT2D eigenvalue weighted by atomic mass is 9.84. The fourth-order valence-electron chi connectivity index (χ4n) is 5.92. The molecule has 0 bridgehead atoms. The number of carbonyl (C=O) groups excluding carboxylic acids is 1. The Morgan fingerprint density at radius 1 is 1.08 bits per heavy atom. The number of amides is 1. The van der Waals surface area contributed by atoms with Gasteiger partial charge in [0.05, 0.1) is 16.4 Å². The van der Waals surface area contributed by atoms with Crippen LogP contribution >= 0.6 is 34.8 Å². The molecule has 0 aliphatic carbocycles. The highest BCUT2D eigenvalue weighted by molar-refractivity contribution is 6.37. The van der Waals surface area contributed by atoms with Crippen LogP contribution in [0.5, 0.6) is 0 Å². The number of fused-ring (bicyclic) bond motifs is 1. The summed E-state index contributed by atoms with van der Waals surface area (Å²) in [5.41, 5.74) is 6.50. The summed E-state index contributed by atoms with van der Waals surface area (Å²) in [6, 6.07) is 9.29. The van der Waals surface area contributed by atoms with E-state index in [1.807, 2.05) is 13.0 Å². The van der Waals surface area contributed by atoms with E-state index in [0.29, 0.717) is 34.5 Å². The molecular weight excluding hydrogens is 554 g/mol. The predicted molar refractivity (Wildman–Crippen MR) is 163 cm³/mol. The van der Waals surface area contributed by atoms with Crippen molar-refractivity contribution in [1.29, 1.82) is 0 Å². The van der Waals surface area contributed by atoms with E-state index in [-0.39, 0.29) is 23.1 Å². The van der Waals surface area contributed by atoms with Crippen molar-refractivity contribution in [2.45, 2.75) is 72.3 Å². The van der Waals surface area contributed by atoms with E-state index in [4.69, 9.17) is 34.8 Å². The molecule has 0 radical (unpaired) electrons. The third-order valence-electron chi connectivity index (χ3n) is 7.96. The maximum Gasteiger partial charge on any atom is 0.231 e. The first kappa shape index (κ1) is 30.1. The molecule has 0 atom stereocenters. The van der Waals surface area contributed by atoms with Crippen molar-refractivity contribution in [3.8, 4) is 11.1 Å². The first-order valence-corrected chi connectivity index (χ1v) is 15.0. The van der Waals surface area contributed by atoms with Crippen molar-refractivity contribution in [3.05, 3.63) is 74.7 Å². The van der Waals surface area contributed by atoms with Gasteiger partial charge in [-0.2, -0.15) is 0 Å². The molecule has 3 nitrogen and oxygen atoms in total. The maximum atomic E-state index is 14.1. The highest BCUT2D eigenvalue weighted by Crippen LogP contribution is 2.43. The van der Waals surface area contributed by atoms with Gasteiger partial charge in [0.2, 0.25) is 5.91 Å². The minimum absolute atomic E-state index is 0.0592. The van der Waals surface area contributed by atoms with Crippen LogP contribution in [0.3, 0.4) is 0 Å². The minimum atomic E-state index is -0.260. The number of aryl methyl sites for hydroxylation is 1. The summed E-state index contributed by atoms with van der Waals surface area (Å²) < 4.78 is 14.1. The summed E-state index contributed by atoms with van der Waals surface area (Å²) in [5, 5.41) is 0.764. The second kappa shape index (κ2) is 12.3. The van der Waals surface area contributed by atoms with Crippen LogP contribution in [0, 0.1) is 18.7 Å². The van der Waals surface area contributed by atoms with Crippen molar-refractivity contribution >= 4 is 46.4 Å². The molecule has 0 N–H and O–H groups in total. The molecule has 0 unspecified atom stereocenters. The van der Waals surface area contributed by atoms with Crippen LogP contribution in [0.1, 0.15) is 63.6 Å². The quantitative estimate of drug-likeness (QED) is 0.247. The average Bonchev–Trinajstić information content (AvgIpc) is 2.85. The van der Waals surface area contributed by atoms with E-state index >= 15 is 0 Å². The van der Waals surface area contributed by atoms with Crippen LogP contribution in [-0.4, -0.2) is 35.3 Å². The Morgan fingerprint density at radius 3 is 2.36 bits per heavy atom. The van der Waals surface area contributed by atoms with Gasteiger partial charge in [-0.1, -0.05) is 35.3 Å². The van der Waals surface area contributed by atoms with Crippen LogP contribution < -0.4 is 4.90 Å². The lowest BCUT2D eigenvalue weighted by molar-refractivity contribution is -0.118. The van der Waals surface area contributed by atoms with Crippen molar-refractivity contribution in [1.82, 2.24) is 4.90 Å². The van der Waals surface area contributed by atoms with E-state index < -0.39 is 0 Å². The number of piperidine rings is 1. The van der Waals surface area contributed by atoms with Crippen molar-refractivity contribution in [2.75, 3.05) is 23.9 Å². The smallest absolute Gasteiger partial charge is 0.231 e. The van der Waals surface area contributed by atoms with E-state index in [9.17, 15) is 9.18 Å².